The lowest BCUT2D eigenvalue weighted by Gasteiger charge is -2.23. The molecule has 146 valence electrons. The second-order valence-corrected chi connectivity index (χ2v) is 7.40. The van der Waals surface area contributed by atoms with E-state index in [9.17, 15) is 9.59 Å². The first-order chi connectivity index (χ1) is 14.2. The molecule has 2 unspecified atom stereocenters. The van der Waals surface area contributed by atoms with Crippen LogP contribution in [0.2, 0.25) is 0 Å². The van der Waals surface area contributed by atoms with Crippen molar-refractivity contribution >= 4 is 17.5 Å². The van der Waals surface area contributed by atoms with Gasteiger partial charge in [-0.15, -0.1) is 0 Å². The van der Waals surface area contributed by atoms with Gasteiger partial charge in [0.05, 0.1) is 18.4 Å². The number of nitrogens with one attached hydrogen (secondary N) is 1. The Bertz CT molecular complexity index is 958. The molecule has 0 bridgehead atoms. The molecule has 3 aromatic rings. The lowest BCUT2D eigenvalue weighted by molar-refractivity contribution is -0.126. The summed E-state index contributed by atoms with van der Waals surface area (Å²) in [4.78, 5) is 27.6. The van der Waals surface area contributed by atoms with Crippen molar-refractivity contribution < 1.29 is 9.59 Å². The van der Waals surface area contributed by atoms with Crippen molar-refractivity contribution in [1.82, 2.24) is 5.32 Å². The Kier molecular flexibility index (Phi) is 5.71. The van der Waals surface area contributed by atoms with Gasteiger partial charge in [0.2, 0.25) is 11.8 Å². The minimum atomic E-state index is -0.255. The van der Waals surface area contributed by atoms with Crippen LogP contribution in [0.4, 0.5) is 5.69 Å². The maximum absolute atomic E-state index is 13.2. The van der Waals surface area contributed by atoms with E-state index in [2.05, 4.69) is 5.32 Å². The van der Waals surface area contributed by atoms with Crippen LogP contribution < -0.4 is 10.2 Å². The molecule has 0 spiro atoms. The fourth-order valence-corrected chi connectivity index (χ4v) is 3.54. The number of hydrogen-bond donors (Lipinski definition) is 1. The standard InChI is InChI=1S/C25H24N2O2/c28-24(26-17-19-10-4-1-5-11-19)22-16-23(22)25(29)27(21-14-8-3-9-15-21)18-20-12-6-2-7-13-20/h1-15,22-23H,16-18H2,(H,26,28). The van der Waals surface area contributed by atoms with E-state index in [1.54, 1.807) is 4.90 Å². The summed E-state index contributed by atoms with van der Waals surface area (Å²) in [5.74, 6) is -0.525. The highest BCUT2D eigenvalue weighted by Gasteiger charge is 2.49. The first kappa shape index (κ1) is 18.9. The first-order valence-corrected chi connectivity index (χ1v) is 9.94. The van der Waals surface area contributed by atoms with E-state index in [1.807, 2.05) is 91.0 Å². The minimum Gasteiger partial charge on any atom is -0.352 e. The van der Waals surface area contributed by atoms with Gasteiger partial charge in [-0.3, -0.25) is 9.59 Å². The van der Waals surface area contributed by atoms with Gasteiger partial charge in [-0.1, -0.05) is 78.9 Å². The zero-order valence-electron chi connectivity index (χ0n) is 16.2. The quantitative estimate of drug-likeness (QED) is 0.665. The number of carbonyl (C=O) groups excluding carboxylic acids is 2. The molecule has 0 heterocycles. The van der Waals surface area contributed by atoms with Crippen LogP contribution in [-0.2, 0) is 22.7 Å². The van der Waals surface area contributed by atoms with Crippen molar-refractivity contribution in [2.24, 2.45) is 11.8 Å². The highest BCUT2D eigenvalue weighted by atomic mass is 16.2. The predicted molar refractivity (Wildman–Crippen MR) is 114 cm³/mol. The summed E-state index contributed by atoms with van der Waals surface area (Å²) in [7, 11) is 0. The molecule has 4 rings (SSSR count). The minimum absolute atomic E-state index is 0.0138. The Morgan fingerprint density at radius 2 is 1.31 bits per heavy atom. The van der Waals surface area contributed by atoms with E-state index in [4.69, 9.17) is 0 Å². The molecule has 1 saturated carbocycles. The van der Waals surface area contributed by atoms with Gasteiger partial charge in [0.1, 0.15) is 0 Å². The predicted octanol–water partition coefficient (Wildman–Crippen LogP) is 4.17. The van der Waals surface area contributed by atoms with E-state index >= 15 is 0 Å². The number of amides is 2. The van der Waals surface area contributed by atoms with Gasteiger partial charge < -0.3 is 10.2 Å². The van der Waals surface area contributed by atoms with Crippen molar-refractivity contribution in [2.45, 2.75) is 19.5 Å². The second kappa shape index (κ2) is 8.74. The lowest BCUT2D eigenvalue weighted by atomic mass is 10.1. The van der Waals surface area contributed by atoms with Gasteiger partial charge >= 0.3 is 0 Å². The fraction of sp³-hybridized carbons (Fsp3) is 0.200. The topological polar surface area (TPSA) is 49.4 Å². The van der Waals surface area contributed by atoms with Gasteiger partial charge in [-0.05, 0) is 29.7 Å². The van der Waals surface area contributed by atoms with Gasteiger partial charge in [-0.2, -0.15) is 0 Å². The second-order valence-electron chi connectivity index (χ2n) is 7.40. The Morgan fingerprint density at radius 1 is 0.759 bits per heavy atom. The van der Waals surface area contributed by atoms with Crippen LogP contribution in [-0.4, -0.2) is 11.8 Å². The zero-order valence-corrected chi connectivity index (χ0v) is 16.2. The molecule has 29 heavy (non-hydrogen) atoms. The van der Waals surface area contributed by atoms with E-state index in [1.165, 1.54) is 0 Å². The summed E-state index contributed by atoms with van der Waals surface area (Å²) in [5, 5.41) is 2.96. The third kappa shape index (κ3) is 4.72. The number of anilines is 1. The fourth-order valence-electron chi connectivity index (χ4n) is 3.54. The SMILES string of the molecule is O=C(NCc1ccccc1)C1CC1C(=O)N(Cc1ccccc1)c1ccccc1. The molecule has 4 nitrogen and oxygen atoms in total. The molecule has 0 radical (unpaired) electrons. The summed E-state index contributed by atoms with van der Waals surface area (Å²) in [6, 6.07) is 29.4. The molecule has 3 aromatic carbocycles. The van der Waals surface area contributed by atoms with Crippen LogP contribution in [0.25, 0.3) is 0 Å². The molecule has 1 fully saturated rings. The molecule has 2 atom stereocenters. The normalized spacial score (nSPS) is 17.4. The van der Waals surface area contributed by atoms with Crippen molar-refractivity contribution in [1.29, 1.82) is 0 Å². The van der Waals surface area contributed by atoms with Gasteiger partial charge in [-0.25, -0.2) is 0 Å². The average Bonchev–Trinajstić information content (AvgIpc) is 3.58. The van der Waals surface area contributed by atoms with E-state index in [0.29, 0.717) is 19.5 Å². The van der Waals surface area contributed by atoms with Crippen molar-refractivity contribution in [3.63, 3.8) is 0 Å². The summed E-state index contributed by atoms with van der Waals surface area (Å²) in [5.41, 5.74) is 2.98. The molecule has 1 aliphatic rings. The molecule has 0 aliphatic heterocycles. The van der Waals surface area contributed by atoms with Crippen molar-refractivity contribution in [2.75, 3.05) is 4.90 Å². The average molecular weight is 384 g/mol. The number of benzene rings is 3. The number of carbonyl (C=O) groups is 2. The summed E-state index contributed by atoms with van der Waals surface area (Å²) in [6.07, 6.45) is 0.609. The third-order valence-electron chi connectivity index (χ3n) is 5.27. The lowest BCUT2D eigenvalue weighted by Crippen LogP contribution is -2.34. The summed E-state index contributed by atoms with van der Waals surface area (Å²) < 4.78 is 0. The molecule has 1 aliphatic carbocycles. The van der Waals surface area contributed by atoms with E-state index in [0.717, 1.165) is 16.8 Å². The third-order valence-corrected chi connectivity index (χ3v) is 5.27. The van der Waals surface area contributed by atoms with Crippen molar-refractivity contribution in [3.05, 3.63) is 102 Å². The van der Waals surface area contributed by atoms with Crippen LogP contribution in [0, 0.1) is 11.8 Å². The van der Waals surface area contributed by atoms with Crippen LogP contribution >= 0.6 is 0 Å². The summed E-state index contributed by atoms with van der Waals surface area (Å²) in [6.45, 7) is 0.988. The van der Waals surface area contributed by atoms with Crippen LogP contribution in [0.1, 0.15) is 17.5 Å². The van der Waals surface area contributed by atoms with Crippen LogP contribution in [0.5, 0.6) is 0 Å². The number of nitrogens with zero attached hydrogens (tertiary/aromatic N) is 1. The Hall–Kier alpha value is -3.40. The maximum Gasteiger partial charge on any atom is 0.231 e. The molecule has 4 heteroatoms. The number of para-hydroxylation sites is 1. The monoisotopic (exact) mass is 384 g/mol. The Labute approximate surface area is 171 Å². The van der Waals surface area contributed by atoms with Gasteiger partial charge in [0.25, 0.3) is 0 Å². The first-order valence-electron chi connectivity index (χ1n) is 9.94. The van der Waals surface area contributed by atoms with Crippen molar-refractivity contribution in [3.8, 4) is 0 Å². The zero-order chi connectivity index (χ0) is 20.1. The van der Waals surface area contributed by atoms with E-state index < -0.39 is 0 Å². The molecular formula is C25H24N2O2. The highest BCUT2D eigenvalue weighted by Crippen LogP contribution is 2.41. The Morgan fingerprint density at radius 3 is 1.93 bits per heavy atom. The molecule has 1 N–H and O–H groups in total. The molecular weight excluding hydrogens is 360 g/mol. The Balaban J connectivity index is 1.42. The molecule has 2 amide bonds. The maximum atomic E-state index is 13.2. The van der Waals surface area contributed by atoms with E-state index in [-0.39, 0.29) is 23.7 Å². The smallest absolute Gasteiger partial charge is 0.231 e. The number of rotatable bonds is 7. The highest BCUT2D eigenvalue weighted by molar-refractivity contribution is 6.01. The largest absolute Gasteiger partial charge is 0.352 e. The number of hydrogen-bond acceptors (Lipinski definition) is 2. The van der Waals surface area contributed by atoms with Gasteiger partial charge in [0.15, 0.2) is 0 Å². The molecule has 0 saturated heterocycles. The van der Waals surface area contributed by atoms with Gasteiger partial charge in [0, 0.05) is 12.2 Å². The van der Waals surface area contributed by atoms with Crippen LogP contribution in [0.3, 0.4) is 0 Å². The summed E-state index contributed by atoms with van der Waals surface area (Å²) >= 11 is 0. The molecule has 0 aromatic heterocycles. The van der Waals surface area contributed by atoms with Crippen LogP contribution in [0.15, 0.2) is 91.0 Å².